The number of carbonyl (C=O) groups is 4. The van der Waals surface area contributed by atoms with Gasteiger partial charge < -0.3 is 36.1 Å². The molecule has 6 atom stereocenters. The van der Waals surface area contributed by atoms with Crippen molar-refractivity contribution in [1.82, 2.24) is 30.2 Å². The van der Waals surface area contributed by atoms with Crippen LogP contribution in [0.2, 0.25) is 0 Å². The predicted octanol–water partition coefficient (Wildman–Crippen LogP) is 6.71. The van der Waals surface area contributed by atoms with Gasteiger partial charge in [0.2, 0.25) is 11.8 Å². The monoisotopic (exact) mass is 1030 g/mol. The quantitative estimate of drug-likeness (QED) is 0.0828. The Labute approximate surface area is 438 Å². The predicted molar refractivity (Wildman–Crippen MR) is 292 cm³/mol. The van der Waals surface area contributed by atoms with E-state index in [2.05, 4.69) is 34.3 Å². The molecule has 8 rings (SSSR count). The number of nitrogens with one attached hydrogen (secondary N) is 2. The summed E-state index contributed by atoms with van der Waals surface area (Å²) in [7, 11) is 7.22. The van der Waals surface area contributed by atoms with Gasteiger partial charge in [0.1, 0.15) is 10.8 Å². The summed E-state index contributed by atoms with van der Waals surface area (Å²) in [6.45, 7) is 6.57. The van der Waals surface area contributed by atoms with Gasteiger partial charge in [-0.25, -0.2) is 0 Å². The number of hydrogen-bond donors (Lipinski definition) is 4. The molecule has 15 heteroatoms. The topological polar surface area (TPSA) is 177 Å². The van der Waals surface area contributed by atoms with Gasteiger partial charge in [-0.1, -0.05) is 121 Å². The molecular weight excluding hydrogens is 957 g/mol. The molecule has 0 saturated carbocycles. The van der Waals surface area contributed by atoms with E-state index in [9.17, 15) is 29.4 Å². The SMILES string of the molecule is CC(CC(C(=O)N(C)C)(c1ccccc1)c1ccccc1)N1CC[C@H](NC(=O)c2ccsc2)[C@@H](O)C1.CC(CC(C(=O)N(C)C)(c1ccccc1)c1ccccc1)N1CC[C@H](NC(=O)c2ccsc2)[C@@H](O)C1.O. The van der Waals surface area contributed by atoms with Crippen molar-refractivity contribution in [1.29, 1.82) is 0 Å². The average molecular weight is 1030 g/mol. The number of benzene rings is 4. The molecule has 6 aromatic rings. The summed E-state index contributed by atoms with van der Waals surface area (Å²) >= 11 is 2.96. The summed E-state index contributed by atoms with van der Waals surface area (Å²) in [5, 5.41) is 35.2. The fourth-order valence-electron chi connectivity index (χ4n) is 10.6. The van der Waals surface area contributed by atoms with Crippen LogP contribution < -0.4 is 10.6 Å². The Hall–Kier alpha value is -6.04. The first kappa shape index (κ1) is 56.3. The fraction of sp³-hybridized carbons (Fsp3) is 0.379. The van der Waals surface area contributed by atoms with Crippen LogP contribution in [-0.4, -0.2) is 150 Å². The summed E-state index contributed by atoms with van der Waals surface area (Å²) in [5.74, 6) is -0.230. The van der Waals surface area contributed by atoms with Crippen molar-refractivity contribution in [2.24, 2.45) is 0 Å². The van der Waals surface area contributed by atoms with E-state index in [0.717, 1.165) is 35.3 Å². The van der Waals surface area contributed by atoms with Gasteiger partial charge in [-0.05, 0) is 84.7 Å². The van der Waals surface area contributed by atoms with E-state index >= 15 is 0 Å². The molecule has 2 unspecified atom stereocenters. The molecule has 0 bridgehead atoms. The molecule has 0 aliphatic carbocycles. The first-order chi connectivity index (χ1) is 34.6. The van der Waals surface area contributed by atoms with E-state index in [-0.39, 0.29) is 53.3 Å². The molecule has 73 heavy (non-hydrogen) atoms. The number of aliphatic hydroxyl groups excluding tert-OH is 2. The van der Waals surface area contributed by atoms with Gasteiger partial charge in [0.25, 0.3) is 11.8 Å². The van der Waals surface area contributed by atoms with Crippen LogP contribution >= 0.6 is 22.7 Å². The molecule has 2 fully saturated rings. The van der Waals surface area contributed by atoms with Crippen LogP contribution in [0.4, 0.5) is 0 Å². The van der Waals surface area contributed by atoms with Gasteiger partial charge in [-0.3, -0.25) is 29.0 Å². The fourth-order valence-corrected chi connectivity index (χ4v) is 11.9. The molecular formula is C58H72N6O7S2. The first-order valence-corrected chi connectivity index (χ1v) is 26.7. The zero-order valence-electron chi connectivity index (χ0n) is 42.8. The third kappa shape index (κ3) is 13.0. The number of thiophene rings is 2. The highest BCUT2D eigenvalue weighted by atomic mass is 32.1. The Morgan fingerprint density at radius 2 is 0.849 bits per heavy atom. The summed E-state index contributed by atoms with van der Waals surface area (Å²) in [6.07, 6.45) is 1.06. The number of likely N-dealkylation sites (tertiary alicyclic amines) is 2. The van der Waals surface area contributed by atoms with Crippen LogP contribution in [-0.2, 0) is 20.4 Å². The highest BCUT2D eigenvalue weighted by molar-refractivity contribution is 7.08. The standard InChI is InChI=1S/2C29H35N3O3S.H2O/c2*1-21(32-16-14-25(26(33)19-32)30-27(34)22-15-17-36-20-22)18-29(28(35)31(2)3,23-10-6-4-7-11-23)24-12-8-5-9-13-24;/h2*4-13,15,17,20-21,25-26,33H,14,16,18-19H2,1-3H3,(H,30,34);1H2/t2*21?,25-,26-;/m00./s1. The molecule has 2 aromatic heterocycles. The minimum atomic E-state index is -0.861. The first-order valence-electron chi connectivity index (χ1n) is 24.8. The van der Waals surface area contributed by atoms with Gasteiger partial charge >= 0.3 is 0 Å². The second kappa shape index (κ2) is 25.8. The van der Waals surface area contributed by atoms with Gasteiger partial charge in [0, 0.05) is 88.3 Å². The number of β-amino-alcohol motifs (C(OH)–C–C–N with tert-alkyl or cyclic N) is 2. The average Bonchev–Trinajstić information content (AvgIpc) is 4.16. The van der Waals surface area contributed by atoms with E-state index in [4.69, 9.17) is 0 Å². The Bertz CT molecular complexity index is 2380. The van der Waals surface area contributed by atoms with Gasteiger partial charge in [0.05, 0.1) is 24.3 Å². The molecule has 4 aromatic carbocycles. The number of rotatable bonds is 16. The zero-order chi connectivity index (χ0) is 51.4. The summed E-state index contributed by atoms with van der Waals surface area (Å²) in [6, 6.07) is 42.9. The summed E-state index contributed by atoms with van der Waals surface area (Å²) in [4.78, 5) is 60.7. The number of nitrogens with zero attached hydrogens (tertiary/aromatic N) is 4. The second-order valence-corrected chi connectivity index (χ2v) is 21.2. The Morgan fingerprint density at radius 3 is 1.10 bits per heavy atom. The van der Waals surface area contributed by atoms with E-state index in [0.29, 0.717) is 49.9 Å². The second-order valence-electron chi connectivity index (χ2n) is 19.7. The maximum atomic E-state index is 13.9. The molecule has 6 N–H and O–H groups in total. The summed E-state index contributed by atoms with van der Waals surface area (Å²) in [5.41, 5.74) is 3.36. The van der Waals surface area contributed by atoms with Crippen molar-refractivity contribution in [2.75, 3.05) is 54.4 Å². The maximum absolute atomic E-state index is 13.9. The largest absolute Gasteiger partial charge is 0.412 e. The van der Waals surface area contributed by atoms with Crippen LogP contribution in [0, 0.1) is 0 Å². The summed E-state index contributed by atoms with van der Waals surface area (Å²) < 4.78 is 0. The smallest absolute Gasteiger partial charge is 0.252 e. The van der Waals surface area contributed by atoms with E-state index in [1.54, 1.807) is 50.1 Å². The van der Waals surface area contributed by atoms with Crippen molar-refractivity contribution in [3.05, 3.63) is 188 Å². The highest BCUT2D eigenvalue weighted by Gasteiger charge is 2.47. The van der Waals surface area contributed by atoms with E-state index in [1.807, 2.05) is 143 Å². The Kier molecular flexibility index (Phi) is 19.8. The molecule has 2 saturated heterocycles. The molecule has 2 aliphatic heterocycles. The van der Waals surface area contributed by atoms with E-state index in [1.165, 1.54) is 22.7 Å². The number of aliphatic hydroxyl groups is 2. The molecule has 0 spiro atoms. The van der Waals surface area contributed by atoms with Crippen molar-refractivity contribution in [3.63, 3.8) is 0 Å². The third-order valence-corrected chi connectivity index (χ3v) is 15.9. The number of piperidine rings is 2. The lowest BCUT2D eigenvalue weighted by Crippen LogP contribution is -2.57. The van der Waals surface area contributed by atoms with Crippen LogP contribution in [0.5, 0.6) is 0 Å². The lowest BCUT2D eigenvalue weighted by molar-refractivity contribution is -0.135. The minimum Gasteiger partial charge on any atom is -0.412 e. The lowest BCUT2D eigenvalue weighted by Gasteiger charge is -2.44. The normalized spacial score (nSPS) is 19.2. The van der Waals surface area contributed by atoms with Crippen LogP contribution in [0.15, 0.2) is 155 Å². The van der Waals surface area contributed by atoms with Gasteiger partial charge in [-0.15, -0.1) is 0 Å². The van der Waals surface area contributed by atoms with E-state index < -0.39 is 23.0 Å². The Balaban J connectivity index is 0.000000235. The number of carbonyl (C=O) groups excluding carboxylic acids is 4. The number of likely N-dealkylation sites (N-methyl/N-ethyl adjacent to an activating group) is 2. The van der Waals surface area contributed by atoms with Crippen molar-refractivity contribution in [2.45, 2.75) is 86.7 Å². The van der Waals surface area contributed by atoms with Crippen LogP contribution in [0.1, 0.15) is 82.5 Å². The molecule has 0 radical (unpaired) electrons. The number of hydrogen-bond acceptors (Lipinski definition) is 10. The van der Waals surface area contributed by atoms with Gasteiger partial charge in [-0.2, -0.15) is 22.7 Å². The van der Waals surface area contributed by atoms with Gasteiger partial charge in [0.15, 0.2) is 0 Å². The molecule has 2 aliphatic rings. The third-order valence-electron chi connectivity index (χ3n) is 14.5. The minimum absolute atomic E-state index is 0. The van der Waals surface area contributed by atoms with Crippen molar-refractivity contribution >= 4 is 46.3 Å². The molecule has 13 nitrogen and oxygen atoms in total. The Morgan fingerprint density at radius 1 is 0.548 bits per heavy atom. The van der Waals surface area contributed by atoms with Crippen LogP contribution in [0.3, 0.4) is 0 Å². The van der Waals surface area contributed by atoms with Crippen molar-refractivity contribution in [3.8, 4) is 0 Å². The molecule has 4 amide bonds. The van der Waals surface area contributed by atoms with Crippen LogP contribution in [0.25, 0.3) is 0 Å². The zero-order valence-corrected chi connectivity index (χ0v) is 44.4. The molecule has 4 heterocycles. The molecule has 388 valence electrons. The lowest BCUT2D eigenvalue weighted by atomic mass is 9.69. The van der Waals surface area contributed by atoms with Crippen molar-refractivity contribution < 1.29 is 34.9 Å². The maximum Gasteiger partial charge on any atom is 0.252 e. The highest BCUT2D eigenvalue weighted by Crippen LogP contribution is 2.41. The number of amides is 4.